The van der Waals surface area contributed by atoms with Gasteiger partial charge in [-0.25, -0.2) is 4.21 Å². The maximum Gasteiger partial charge on any atom is 0.262 e. The smallest absolute Gasteiger partial charge is 0.262 e. The highest BCUT2D eigenvalue weighted by atomic mass is 32.3. The second-order valence-corrected chi connectivity index (χ2v) is 7.18. The molecule has 0 aliphatic heterocycles. The Balaban J connectivity index is 3.05. The number of thiol groups is 1. The van der Waals surface area contributed by atoms with Crippen LogP contribution in [0, 0.1) is 0 Å². The molecule has 0 fully saturated rings. The minimum absolute atomic E-state index is 0.305. The molecule has 0 aliphatic carbocycles. The van der Waals surface area contributed by atoms with E-state index in [0.29, 0.717) is 9.77 Å². The number of nitrogens with zero attached hydrogens (tertiary/aromatic N) is 2. The van der Waals surface area contributed by atoms with Gasteiger partial charge in [0, 0.05) is 6.92 Å². The van der Waals surface area contributed by atoms with Crippen molar-refractivity contribution in [3.63, 3.8) is 0 Å². The number of hydrogen-bond donors (Lipinski definition) is 3. The molecular formula is C9H15N3O3S2. The normalized spacial score (nSPS) is 14.2. The van der Waals surface area contributed by atoms with Crippen molar-refractivity contribution < 1.29 is 14.1 Å². The Labute approximate surface area is 104 Å². The number of aliphatic hydroxyl groups is 1. The minimum Gasteiger partial charge on any atom is -0.386 e. The molecule has 96 valence electrons. The zero-order valence-corrected chi connectivity index (χ0v) is 11.5. The lowest BCUT2D eigenvalue weighted by atomic mass is 10.0. The lowest BCUT2D eigenvalue weighted by Crippen LogP contribution is -2.19. The standard InChI is InChI=1S/C9H15N3O3S2/c1-6(13)11-12-17(10,15)8-4-7(5-16-8)9(2,3)14/h4-5,14,17H,1-3H3,(H2,10,15)/b12-11+. The summed E-state index contributed by atoms with van der Waals surface area (Å²) in [4.78, 5) is 10.6. The molecule has 0 spiro atoms. The Morgan fingerprint density at radius 3 is 2.59 bits per heavy atom. The lowest BCUT2D eigenvalue weighted by molar-refractivity contribution is -0.116. The summed E-state index contributed by atoms with van der Waals surface area (Å²) in [5.41, 5.74) is -0.437. The van der Waals surface area contributed by atoms with Gasteiger partial charge >= 0.3 is 0 Å². The third kappa shape index (κ3) is 3.77. The van der Waals surface area contributed by atoms with E-state index in [9.17, 15) is 14.1 Å². The largest absolute Gasteiger partial charge is 0.386 e. The third-order valence-corrected chi connectivity index (χ3v) is 4.87. The highest BCUT2D eigenvalue weighted by Crippen LogP contribution is 2.30. The minimum atomic E-state index is -3.50. The molecular weight excluding hydrogens is 262 g/mol. The van der Waals surface area contributed by atoms with Crippen LogP contribution >= 0.6 is 11.3 Å². The molecule has 1 rings (SSSR count). The second kappa shape index (κ2) is 4.73. The molecule has 0 unspecified atom stereocenters. The third-order valence-electron chi connectivity index (χ3n) is 1.93. The van der Waals surface area contributed by atoms with Gasteiger partial charge in [0.15, 0.2) is 0 Å². The fourth-order valence-electron chi connectivity index (χ4n) is 0.987. The van der Waals surface area contributed by atoms with Crippen molar-refractivity contribution in [1.29, 1.82) is 0 Å². The van der Waals surface area contributed by atoms with Gasteiger partial charge in [-0.05, 0) is 30.9 Å². The number of carbonyl (C=O) groups is 1. The SMILES string of the molecule is CC(=O)/N=N/[SH](N)(=O)c1cc(C(C)(C)O)cs1. The Morgan fingerprint density at radius 2 is 2.18 bits per heavy atom. The van der Waals surface area contributed by atoms with Gasteiger partial charge in [-0.3, -0.25) is 9.93 Å². The van der Waals surface area contributed by atoms with Crippen molar-refractivity contribution in [1.82, 2.24) is 0 Å². The summed E-state index contributed by atoms with van der Waals surface area (Å²) >= 11 is 1.12. The van der Waals surface area contributed by atoms with E-state index in [1.807, 2.05) is 0 Å². The number of carbonyl (C=O) groups excluding carboxylic acids is 1. The second-order valence-electron chi connectivity index (χ2n) is 4.06. The van der Waals surface area contributed by atoms with E-state index in [4.69, 9.17) is 5.14 Å². The quantitative estimate of drug-likeness (QED) is 0.570. The fraction of sp³-hybridized carbons (Fsp3) is 0.444. The van der Waals surface area contributed by atoms with Crippen LogP contribution in [0.2, 0.25) is 0 Å². The van der Waals surface area contributed by atoms with E-state index in [-0.39, 0.29) is 0 Å². The molecule has 1 aromatic heterocycles. The summed E-state index contributed by atoms with van der Waals surface area (Å²) in [5, 5.41) is 20.1. The molecule has 0 atom stereocenters. The van der Waals surface area contributed by atoms with Gasteiger partial charge < -0.3 is 5.11 Å². The molecule has 0 radical (unpaired) electrons. The predicted octanol–water partition coefficient (Wildman–Crippen LogP) is 1.14. The van der Waals surface area contributed by atoms with E-state index < -0.39 is 21.8 Å². The molecule has 0 aromatic carbocycles. The van der Waals surface area contributed by atoms with Crippen LogP contribution in [-0.4, -0.2) is 15.2 Å². The molecule has 6 nitrogen and oxygen atoms in total. The average molecular weight is 277 g/mol. The van der Waals surface area contributed by atoms with Gasteiger partial charge in [-0.15, -0.1) is 16.5 Å². The number of amides is 1. The molecule has 1 heterocycles. The van der Waals surface area contributed by atoms with Crippen molar-refractivity contribution in [3.05, 3.63) is 17.0 Å². The first-order chi connectivity index (χ1) is 7.63. The van der Waals surface area contributed by atoms with Crippen LogP contribution in [0.15, 0.2) is 25.3 Å². The number of thiophene rings is 1. The zero-order chi connectivity index (χ0) is 13.3. The highest BCUT2D eigenvalue weighted by Gasteiger charge is 2.21. The van der Waals surface area contributed by atoms with Crippen LogP contribution in [0.3, 0.4) is 0 Å². The van der Waals surface area contributed by atoms with E-state index in [0.717, 1.165) is 11.3 Å². The van der Waals surface area contributed by atoms with Gasteiger partial charge in [0.2, 0.25) is 0 Å². The van der Waals surface area contributed by atoms with Crippen molar-refractivity contribution >= 4 is 27.5 Å². The van der Waals surface area contributed by atoms with Crippen molar-refractivity contribution in [2.75, 3.05) is 0 Å². The van der Waals surface area contributed by atoms with E-state index in [1.54, 1.807) is 19.2 Å². The molecule has 0 saturated carbocycles. The topological polar surface area (TPSA) is 105 Å². The van der Waals surface area contributed by atoms with E-state index in [2.05, 4.69) is 9.63 Å². The van der Waals surface area contributed by atoms with Crippen molar-refractivity contribution in [2.45, 2.75) is 30.6 Å². The summed E-state index contributed by atoms with van der Waals surface area (Å²) < 4.78 is 15.6. The van der Waals surface area contributed by atoms with E-state index in [1.165, 1.54) is 13.0 Å². The molecule has 1 amide bonds. The van der Waals surface area contributed by atoms with Gasteiger partial charge in [0.25, 0.3) is 5.91 Å². The van der Waals surface area contributed by atoms with Crippen molar-refractivity contribution in [3.8, 4) is 0 Å². The van der Waals surface area contributed by atoms with Crippen LogP contribution in [0.25, 0.3) is 0 Å². The van der Waals surface area contributed by atoms with Gasteiger partial charge in [0.05, 0.1) is 15.9 Å². The fourth-order valence-corrected chi connectivity index (χ4v) is 3.33. The number of rotatable bonds is 3. The first kappa shape index (κ1) is 14.1. The molecule has 0 aliphatic rings. The lowest BCUT2D eigenvalue weighted by Gasteiger charge is -2.15. The van der Waals surface area contributed by atoms with Gasteiger partial charge in [-0.2, -0.15) is 0 Å². The molecule has 3 N–H and O–H groups in total. The molecule has 17 heavy (non-hydrogen) atoms. The summed E-state index contributed by atoms with van der Waals surface area (Å²) in [7, 11) is -3.50. The summed E-state index contributed by atoms with van der Waals surface area (Å²) in [5.74, 6) is -0.560. The van der Waals surface area contributed by atoms with Crippen LogP contribution < -0.4 is 5.14 Å². The monoisotopic (exact) mass is 277 g/mol. The Bertz CT molecular complexity index is 502. The average Bonchev–Trinajstić information content (AvgIpc) is 2.63. The summed E-state index contributed by atoms with van der Waals surface area (Å²) in [6.45, 7) is 4.41. The Kier molecular flexibility index (Phi) is 3.92. The molecule has 1 aromatic rings. The van der Waals surface area contributed by atoms with E-state index >= 15 is 0 Å². The molecule has 0 saturated heterocycles. The summed E-state index contributed by atoms with van der Waals surface area (Å²) in [6.07, 6.45) is 0. The van der Waals surface area contributed by atoms with Crippen LogP contribution in [0.1, 0.15) is 26.3 Å². The van der Waals surface area contributed by atoms with Gasteiger partial charge in [-0.1, -0.05) is 4.52 Å². The Hall–Kier alpha value is -0.960. The highest BCUT2D eigenvalue weighted by molar-refractivity contribution is 8.01. The summed E-state index contributed by atoms with van der Waals surface area (Å²) in [6, 6.07) is 1.52. The maximum atomic E-state index is 12.0. The van der Waals surface area contributed by atoms with Crippen LogP contribution in [-0.2, 0) is 20.7 Å². The number of hydrogen-bond acceptors (Lipinski definition) is 4. The number of nitrogens with two attached hydrogens (primary N) is 1. The molecule has 0 bridgehead atoms. The first-order valence-electron chi connectivity index (χ1n) is 4.77. The van der Waals surface area contributed by atoms with Crippen LogP contribution in [0.5, 0.6) is 0 Å². The van der Waals surface area contributed by atoms with Gasteiger partial charge in [0.1, 0.15) is 4.21 Å². The zero-order valence-electron chi connectivity index (χ0n) is 9.75. The maximum absolute atomic E-state index is 12.0. The first-order valence-corrected chi connectivity index (χ1v) is 7.38. The van der Waals surface area contributed by atoms with Crippen molar-refractivity contribution in [2.24, 2.45) is 14.8 Å². The van der Waals surface area contributed by atoms with Crippen LogP contribution in [0.4, 0.5) is 0 Å². The Morgan fingerprint density at radius 1 is 1.59 bits per heavy atom. The molecule has 8 heteroatoms. The predicted molar refractivity (Wildman–Crippen MR) is 67.1 cm³/mol.